The highest BCUT2D eigenvalue weighted by atomic mass is 16.5. The van der Waals surface area contributed by atoms with Crippen molar-refractivity contribution in [2.75, 3.05) is 13.1 Å². The van der Waals surface area contributed by atoms with Crippen LogP contribution in [0.3, 0.4) is 0 Å². The Hall–Kier alpha value is -2.11. The van der Waals surface area contributed by atoms with E-state index in [1.165, 1.54) is 0 Å². The molecule has 3 heterocycles. The van der Waals surface area contributed by atoms with Gasteiger partial charge in [-0.15, -0.1) is 0 Å². The lowest BCUT2D eigenvalue weighted by atomic mass is 10.1. The molecule has 0 unspecified atom stereocenters. The molecule has 124 valence electrons. The number of aromatic nitrogens is 3. The highest BCUT2D eigenvalue weighted by Crippen LogP contribution is 2.27. The molecular formula is C17H24N4O2. The SMILES string of the molecule is Cc1cn(C)c([C@H]2CCN(C(=O)c3cc(CC(C)C)no3)C2)n1. The van der Waals surface area contributed by atoms with E-state index in [0.29, 0.717) is 18.2 Å². The van der Waals surface area contributed by atoms with Gasteiger partial charge in [0.1, 0.15) is 5.82 Å². The fourth-order valence-corrected chi connectivity index (χ4v) is 3.25. The Morgan fingerprint density at radius 1 is 1.48 bits per heavy atom. The molecule has 1 aliphatic rings. The summed E-state index contributed by atoms with van der Waals surface area (Å²) in [6.45, 7) is 7.65. The first kappa shape index (κ1) is 15.8. The monoisotopic (exact) mass is 316 g/mol. The van der Waals surface area contributed by atoms with Crippen LogP contribution in [0, 0.1) is 12.8 Å². The molecule has 1 fully saturated rings. The summed E-state index contributed by atoms with van der Waals surface area (Å²) in [5.74, 6) is 2.11. The zero-order valence-electron chi connectivity index (χ0n) is 14.2. The second-order valence-electron chi connectivity index (χ2n) is 6.87. The standard InChI is InChI=1S/C17H24N4O2/c1-11(2)7-14-8-15(23-19-14)17(22)21-6-5-13(10-21)16-18-12(3)9-20(16)4/h8-9,11,13H,5-7,10H2,1-4H3/t13-/m0/s1. The number of carbonyl (C=O) groups excluding carboxylic acids is 1. The van der Waals surface area contributed by atoms with E-state index in [-0.39, 0.29) is 11.8 Å². The molecule has 3 rings (SSSR count). The molecule has 1 atom stereocenters. The highest BCUT2D eigenvalue weighted by molar-refractivity contribution is 5.91. The molecule has 23 heavy (non-hydrogen) atoms. The van der Waals surface area contributed by atoms with Crippen molar-refractivity contribution in [1.29, 1.82) is 0 Å². The molecule has 0 saturated carbocycles. The molecule has 1 amide bonds. The van der Waals surface area contributed by atoms with Crippen LogP contribution in [0.2, 0.25) is 0 Å². The Labute approximate surface area is 136 Å². The number of carbonyl (C=O) groups is 1. The van der Waals surface area contributed by atoms with E-state index in [1.54, 1.807) is 6.07 Å². The molecule has 1 aliphatic heterocycles. The summed E-state index contributed by atoms with van der Waals surface area (Å²) in [4.78, 5) is 19.0. The number of amides is 1. The molecular weight excluding hydrogens is 292 g/mol. The summed E-state index contributed by atoms with van der Waals surface area (Å²) in [6.07, 6.45) is 3.78. The van der Waals surface area contributed by atoms with Gasteiger partial charge in [-0.05, 0) is 25.7 Å². The van der Waals surface area contributed by atoms with Crippen molar-refractivity contribution in [3.63, 3.8) is 0 Å². The Morgan fingerprint density at radius 3 is 2.91 bits per heavy atom. The van der Waals surface area contributed by atoms with Crippen LogP contribution < -0.4 is 0 Å². The average molecular weight is 316 g/mol. The van der Waals surface area contributed by atoms with Crippen molar-refractivity contribution >= 4 is 5.91 Å². The third kappa shape index (κ3) is 3.30. The Bertz CT molecular complexity index is 701. The maximum atomic E-state index is 12.6. The van der Waals surface area contributed by atoms with Crippen LogP contribution in [0.4, 0.5) is 0 Å². The first-order valence-corrected chi connectivity index (χ1v) is 8.18. The topological polar surface area (TPSA) is 64.2 Å². The summed E-state index contributed by atoms with van der Waals surface area (Å²) in [5.41, 5.74) is 1.86. The summed E-state index contributed by atoms with van der Waals surface area (Å²) in [7, 11) is 2.01. The highest BCUT2D eigenvalue weighted by Gasteiger charge is 2.32. The van der Waals surface area contributed by atoms with Gasteiger partial charge in [0.2, 0.25) is 5.76 Å². The Kier molecular flexibility index (Phi) is 4.24. The van der Waals surface area contributed by atoms with Gasteiger partial charge in [0.05, 0.1) is 11.4 Å². The number of imidazole rings is 1. The predicted molar refractivity (Wildman–Crippen MR) is 86.3 cm³/mol. The van der Waals surface area contributed by atoms with Gasteiger partial charge in [0.15, 0.2) is 0 Å². The summed E-state index contributed by atoms with van der Waals surface area (Å²) in [6, 6.07) is 1.78. The van der Waals surface area contributed by atoms with E-state index in [9.17, 15) is 4.79 Å². The molecule has 1 saturated heterocycles. The van der Waals surface area contributed by atoms with Crippen LogP contribution in [0.1, 0.15) is 54.0 Å². The van der Waals surface area contributed by atoms with Gasteiger partial charge in [0, 0.05) is 38.3 Å². The quantitative estimate of drug-likeness (QED) is 0.869. The van der Waals surface area contributed by atoms with Gasteiger partial charge in [-0.1, -0.05) is 19.0 Å². The van der Waals surface area contributed by atoms with E-state index < -0.39 is 0 Å². The Balaban J connectivity index is 1.67. The lowest BCUT2D eigenvalue weighted by Gasteiger charge is -2.14. The van der Waals surface area contributed by atoms with E-state index in [4.69, 9.17) is 4.52 Å². The van der Waals surface area contributed by atoms with E-state index >= 15 is 0 Å². The minimum absolute atomic E-state index is 0.0686. The van der Waals surface area contributed by atoms with Crippen molar-refractivity contribution < 1.29 is 9.32 Å². The van der Waals surface area contributed by atoms with Crippen LogP contribution in [-0.4, -0.2) is 38.6 Å². The molecule has 6 nitrogen and oxygen atoms in total. The Morgan fingerprint density at radius 2 is 2.26 bits per heavy atom. The minimum atomic E-state index is -0.0686. The average Bonchev–Trinajstić information content (AvgIpc) is 3.17. The third-order valence-corrected chi connectivity index (χ3v) is 4.26. The van der Waals surface area contributed by atoms with Gasteiger partial charge >= 0.3 is 0 Å². The second kappa shape index (κ2) is 6.18. The fourth-order valence-electron chi connectivity index (χ4n) is 3.25. The van der Waals surface area contributed by atoms with Crippen LogP contribution in [0.5, 0.6) is 0 Å². The van der Waals surface area contributed by atoms with E-state index in [0.717, 1.165) is 36.6 Å². The van der Waals surface area contributed by atoms with Crippen molar-refractivity contribution in [2.45, 2.75) is 39.5 Å². The molecule has 0 aromatic carbocycles. The maximum Gasteiger partial charge on any atom is 0.292 e. The van der Waals surface area contributed by atoms with E-state index in [2.05, 4.69) is 28.6 Å². The van der Waals surface area contributed by atoms with Crippen molar-refractivity contribution in [3.05, 3.63) is 35.2 Å². The lowest BCUT2D eigenvalue weighted by Crippen LogP contribution is -2.28. The molecule has 6 heteroatoms. The largest absolute Gasteiger partial charge is 0.351 e. The smallest absolute Gasteiger partial charge is 0.292 e. The van der Waals surface area contributed by atoms with Gasteiger partial charge in [0.25, 0.3) is 5.91 Å². The number of hydrogen-bond donors (Lipinski definition) is 0. The van der Waals surface area contributed by atoms with Crippen LogP contribution in [0.25, 0.3) is 0 Å². The maximum absolute atomic E-state index is 12.6. The number of nitrogens with zero attached hydrogens (tertiary/aromatic N) is 4. The van der Waals surface area contributed by atoms with Gasteiger partial charge < -0.3 is 14.0 Å². The zero-order valence-corrected chi connectivity index (χ0v) is 14.2. The second-order valence-corrected chi connectivity index (χ2v) is 6.87. The van der Waals surface area contributed by atoms with Gasteiger partial charge in [-0.2, -0.15) is 0 Å². The minimum Gasteiger partial charge on any atom is -0.351 e. The lowest BCUT2D eigenvalue weighted by molar-refractivity contribution is 0.0749. The summed E-state index contributed by atoms with van der Waals surface area (Å²) >= 11 is 0. The number of aryl methyl sites for hydroxylation is 2. The first-order valence-electron chi connectivity index (χ1n) is 8.18. The summed E-state index contributed by atoms with van der Waals surface area (Å²) < 4.78 is 7.31. The van der Waals surface area contributed by atoms with Crippen molar-refractivity contribution in [1.82, 2.24) is 19.6 Å². The van der Waals surface area contributed by atoms with Crippen LogP contribution in [-0.2, 0) is 13.5 Å². The molecule has 0 aliphatic carbocycles. The summed E-state index contributed by atoms with van der Waals surface area (Å²) in [5, 5.41) is 4.00. The zero-order chi connectivity index (χ0) is 16.6. The molecule has 0 radical (unpaired) electrons. The van der Waals surface area contributed by atoms with E-state index in [1.807, 2.05) is 25.1 Å². The molecule has 2 aromatic rings. The van der Waals surface area contributed by atoms with Crippen LogP contribution >= 0.6 is 0 Å². The third-order valence-electron chi connectivity index (χ3n) is 4.26. The molecule has 0 bridgehead atoms. The predicted octanol–water partition coefficient (Wildman–Crippen LogP) is 2.54. The first-order chi connectivity index (χ1) is 10.9. The van der Waals surface area contributed by atoms with Gasteiger partial charge in [-0.3, -0.25) is 4.79 Å². The van der Waals surface area contributed by atoms with Gasteiger partial charge in [-0.25, -0.2) is 4.98 Å². The number of likely N-dealkylation sites (tertiary alicyclic amines) is 1. The molecule has 0 N–H and O–H groups in total. The number of hydrogen-bond acceptors (Lipinski definition) is 4. The van der Waals surface area contributed by atoms with Crippen LogP contribution in [0.15, 0.2) is 16.8 Å². The molecule has 0 spiro atoms. The van der Waals surface area contributed by atoms with Crippen molar-refractivity contribution in [3.8, 4) is 0 Å². The molecule has 2 aromatic heterocycles. The fraction of sp³-hybridized carbons (Fsp3) is 0.588. The number of rotatable bonds is 4. The normalized spacial score (nSPS) is 18.1. The van der Waals surface area contributed by atoms with Crippen molar-refractivity contribution in [2.24, 2.45) is 13.0 Å².